The van der Waals surface area contributed by atoms with Crippen LogP contribution >= 0.6 is 0 Å². The summed E-state index contributed by atoms with van der Waals surface area (Å²) in [7, 11) is 0. The molecule has 3 atom stereocenters. The molecule has 0 saturated carbocycles. The normalized spacial score (nSPS) is 30.7. The minimum absolute atomic E-state index is 0.152. The van der Waals surface area contributed by atoms with Gasteiger partial charge in [-0.3, -0.25) is 4.57 Å². The van der Waals surface area contributed by atoms with Crippen molar-refractivity contribution in [3.63, 3.8) is 0 Å². The van der Waals surface area contributed by atoms with Crippen molar-refractivity contribution < 1.29 is 9.13 Å². The third kappa shape index (κ3) is 1.85. The van der Waals surface area contributed by atoms with Crippen LogP contribution in [0.5, 0.6) is 0 Å². The molecule has 0 aliphatic carbocycles. The number of ether oxygens (including phenoxy) is 1. The zero-order valence-corrected chi connectivity index (χ0v) is 8.26. The van der Waals surface area contributed by atoms with E-state index in [9.17, 15) is 9.18 Å². The number of alkyl halides is 1. The lowest BCUT2D eigenvalue weighted by atomic mass is 10.2. The minimum atomic E-state index is -1.04. The summed E-state index contributed by atoms with van der Waals surface area (Å²) in [6.45, 7) is 1.64. The second-order valence-corrected chi connectivity index (χ2v) is 3.59. The topological polar surface area (TPSA) is 70.1 Å². The van der Waals surface area contributed by atoms with E-state index in [-0.39, 0.29) is 12.2 Å². The highest BCUT2D eigenvalue weighted by Gasteiger charge is 2.33. The van der Waals surface area contributed by atoms with Gasteiger partial charge in [-0.2, -0.15) is 4.98 Å². The quantitative estimate of drug-likeness (QED) is 0.736. The van der Waals surface area contributed by atoms with Crippen LogP contribution in [0.4, 0.5) is 10.2 Å². The number of halogens is 1. The maximum Gasteiger partial charge on any atom is 0.351 e. The molecule has 0 bridgehead atoms. The van der Waals surface area contributed by atoms with E-state index in [0.717, 1.165) is 0 Å². The molecule has 1 aromatic heterocycles. The fraction of sp³-hybridized carbons (Fsp3) is 0.556. The lowest BCUT2D eigenvalue weighted by Crippen LogP contribution is -2.27. The molecule has 5 nitrogen and oxygen atoms in total. The van der Waals surface area contributed by atoms with Crippen LogP contribution in [-0.2, 0) is 4.74 Å². The molecule has 2 heterocycles. The van der Waals surface area contributed by atoms with E-state index in [1.165, 1.54) is 16.8 Å². The van der Waals surface area contributed by atoms with Crippen LogP contribution in [0.25, 0.3) is 0 Å². The SMILES string of the molecule is CC1OC(n2ccc(N)nc2=O)CC1F. The summed E-state index contributed by atoms with van der Waals surface area (Å²) >= 11 is 0. The van der Waals surface area contributed by atoms with Crippen molar-refractivity contribution in [2.75, 3.05) is 5.73 Å². The summed E-state index contributed by atoms with van der Waals surface area (Å²) in [5.74, 6) is 0.152. The molecule has 0 amide bonds. The van der Waals surface area contributed by atoms with Gasteiger partial charge in [0.1, 0.15) is 18.2 Å². The van der Waals surface area contributed by atoms with Gasteiger partial charge < -0.3 is 10.5 Å². The Hall–Kier alpha value is -1.43. The summed E-state index contributed by atoms with van der Waals surface area (Å²) in [6.07, 6.45) is -0.457. The molecule has 82 valence electrons. The first-order valence-electron chi connectivity index (χ1n) is 4.72. The van der Waals surface area contributed by atoms with Gasteiger partial charge in [0.15, 0.2) is 0 Å². The smallest absolute Gasteiger partial charge is 0.351 e. The first kappa shape index (κ1) is 10.1. The van der Waals surface area contributed by atoms with Crippen molar-refractivity contribution in [1.29, 1.82) is 0 Å². The van der Waals surface area contributed by atoms with Crippen molar-refractivity contribution in [2.24, 2.45) is 0 Å². The van der Waals surface area contributed by atoms with Gasteiger partial charge in [-0.25, -0.2) is 9.18 Å². The molecular formula is C9H12FN3O2. The van der Waals surface area contributed by atoms with E-state index in [0.29, 0.717) is 0 Å². The molecule has 15 heavy (non-hydrogen) atoms. The maximum absolute atomic E-state index is 13.2. The summed E-state index contributed by atoms with van der Waals surface area (Å²) in [5.41, 5.74) is 4.83. The monoisotopic (exact) mass is 213 g/mol. The first-order valence-corrected chi connectivity index (χ1v) is 4.72. The molecule has 3 unspecified atom stereocenters. The number of rotatable bonds is 1. The molecule has 1 aromatic rings. The number of anilines is 1. The van der Waals surface area contributed by atoms with Crippen LogP contribution in [0.1, 0.15) is 19.6 Å². The Morgan fingerprint density at radius 1 is 1.73 bits per heavy atom. The van der Waals surface area contributed by atoms with E-state index in [1.54, 1.807) is 6.92 Å². The van der Waals surface area contributed by atoms with Crippen LogP contribution in [0, 0.1) is 0 Å². The van der Waals surface area contributed by atoms with E-state index >= 15 is 0 Å². The van der Waals surface area contributed by atoms with Crippen molar-refractivity contribution in [2.45, 2.75) is 31.8 Å². The second kappa shape index (κ2) is 3.62. The molecule has 0 radical (unpaired) electrons. The average Bonchev–Trinajstić information content (AvgIpc) is 2.46. The van der Waals surface area contributed by atoms with Crippen molar-refractivity contribution in [1.82, 2.24) is 9.55 Å². The largest absolute Gasteiger partial charge is 0.383 e. The highest BCUT2D eigenvalue weighted by molar-refractivity contribution is 5.23. The second-order valence-electron chi connectivity index (χ2n) is 3.59. The number of hydrogen-bond acceptors (Lipinski definition) is 4. The number of nitrogens with zero attached hydrogens (tertiary/aromatic N) is 2. The molecule has 0 spiro atoms. The van der Waals surface area contributed by atoms with Crippen LogP contribution in [0.2, 0.25) is 0 Å². The highest BCUT2D eigenvalue weighted by atomic mass is 19.1. The number of nitrogens with two attached hydrogens (primary N) is 1. The molecule has 2 rings (SSSR count). The van der Waals surface area contributed by atoms with Crippen LogP contribution in [-0.4, -0.2) is 21.8 Å². The Labute approximate surface area is 85.7 Å². The zero-order chi connectivity index (χ0) is 11.0. The maximum atomic E-state index is 13.2. The molecule has 0 aromatic carbocycles. The summed E-state index contributed by atoms with van der Waals surface area (Å²) in [5, 5.41) is 0. The number of nitrogen functional groups attached to an aromatic ring is 1. The van der Waals surface area contributed by atoms with Crippen LogP contribution in [0.3, 0.4) is 0 Å². The molecule has 1 fully saturated rings. The molecule has 2 N–H and O–H groups in total. The molecule has 1 saturated heterocycles. The predicted molar refractivity (Wildman–Crippen MR) is 52.0 cm³/mol. The van der Waals surface area contributed by atoms with Crippen molar-refractivity contribution in [3.05, 3.63) is 22.7 Å². The van der Waals surface area contributed by atoms with Crippen LogP contribution in [0.15, 0.2) is 17.1 Å². The fourth-order valence-corrected chi connectivity index (χ4v) is 1.60. The van der Waals surface area contributed by atoms with Gasteiger partial charge in [0.25, 0.3) is 0 Å². The minimum Gasteiger partial charge on any atom is -0.383 e. The Balaban J connectivity index is 2.28. The lowest BCUT2D eigenvalue weighted by Gasteiger charge is -2.12. The average molecular weight is 213 g/mol. The number of aromatic nitrogens is 2. The van der Waals surface area contributed by atoms with Crippen molar-refractivity contribution in [3.8, 4) is 0 Å². The molecule has 1 aliphatic heterocycles. The Kier molecular flexibility index (Phi) is 2.44. The molecular weight excluding hydrogens is 201 g/mol. The Morgan fingerprint density at radius 2 is 2.47 bits per heavy atom. The van der Waals surface area contributed by atoms with Gasteiger partial charge in [-0.1, -0.05) is 0 Å². The third-order valence-corrected chi connectivity index (χ3v) is 2.47. The van der Waals surface area contributed by atoms with E-state index in [4.69, 9.17) is 10.5 Å². The molecule has 1 aliphatic rings. The van der Waals surface area contributed by atoms with Gasteiger partial charge in [0, 0.05) is 12.6 Å². The van der Waals surface area contributed by atoms with E-state index in [2.05, 4.69) is 4.98 Å². The fourth-order valence-electron chi connectivity index (χ4n) is 1.60. The van der Waals surface area contributed by atoms with Gasteiger partial charge >= 0.3 is 5.69 Å². The summed E-state index contributed by atoms with van der Waals surface area (Å²) in [4.78, 5) is 15.0. The van der Waals surface area contributed by atoms with E-state index < -0.39 is 24.2 Å². The van der Waals surface area contributed by atoms with Gasteiger partial charge in [0.05, 0.1) is 6.10 Å². The third-order valence-electron chi connectivity index (χ3n) is 2.47. The highest BCUT2D eigenvalue weighted by Crippen LogP contribution is 2.29. The summed E-state index contributed by atoms with van der Waals surface area (Å²) < 4.78 is 19.7. The predicted octanol–water partition coefficient (Wildman–Crippen LogP) is 0.471. The van der Waals surface area contributed by atoms with Crippen molar-refractivity contribution >= 4 is 5.82 Å². The number of hydrogen-bond donors (Lipinski definition) is 1. The van der Waals surface area contributed by atoms with Gasteiger partial charge in [-0.05, 0) is 13.0 Å². The lowest BCUT2D eigenvalue weighted by molar-refractivity contribution is -0.000505. The van der Waals surface area contributed by atoms with E-state index in [1.807, 2.05) is 0 Å². The zero-order valence-electron chi connectivity index (χ0n) is 8.26. The first-order chi connectivity index (χ1) is 7.08. The summed E-state index contributed by atoms with van der Waals surface area (Å²) in [6, 6.07) is 1.49. The molecule has 6 heteroatoms. The van der Waals surface area contributed by atoms with Gasteiger partial charge in [-0.15, -0.1) is 0 Å². The Morgan fingerprint density at radius 3 is 3.00 bits per heavy atom. The standard InChI is InChI=1S/C9H12FN3O2/c1-5-6(10)4-8(15-5)13-3-2-7(11)12-9(13)14/h2-3,5-6,8H,4H2,1H3,(H2,11,12,14). The van der Waals surface area contributed by atoms with Crippen LogP contribution < -0.4 is 11.4 Å². The van der Waals surface area contributed by atoms with Gasteiger partial charge in [0.2, 0.25) is 0 Å². The Bertz CT molecular complexity index is 410.